The standard InChI is InChI=1S/C16H20N4O.ClH/c1-20-15-4-2-3-14(13(15)10-18-20)19-16(21)9-11-5-7-12(17)8-6-11;/h5-8,10,14H,2-4,9,17H2,1H3,(H,19,21);1H. The minimum absolute atomic E-state index is 0. The summed E-state index contributed by atoms with van der Waals surface area (Å²) >= 11 is 0. The second kappa shape index (κ2) is 6.83. The van der Waals surface area contributed by atoms with E-state index in [9.17, 15) is 4.79 Å². The third kappa shape index (κ3) is 3.42. The first-order valence-electron chi connectivity index (χ1n) is 7.28. The number of nitrogens with two attached hydrogens (primary N) is 1. The molecule has 1 aromatic heterocycles. The number of fused-ring (bicyclic) bond motifs is 1. The zero-order chi connectivity index (χ0) is 14.8. The smallest absolute Gasteiger partial charge is 0.224 e. The van der Waals surface area contributed by atoms with E-state index in [2.05, 4.69) is 10.4 Å². The van der Waals surface area contributed by atoms with Crippen molar-refractivity contribution in [2.75, 3.05) is 5.73 Å². The average Bonchev–Trinajstić information content (AvgIpc) is 2.84. The molecule has 0 saturated heterocycles. The van der Waals surface area contributed by atoms with Crippen molar-refractivity contribution in [3.05, 3.63) is 47.3 Å². The summed E-state index contributed by atoms with van der Waals surface area (Å²) in [5, 5.41) is 7.43. The highest BCUT2D eigenvalue weighted by Crippen LogP contribution is 2.29. The van der Waals surface area contributed by atoms with Crippen molar-refractivity contribution in [1.82, 2.24) is 15.1 Å². The number of nitrogens with zero attached hydrogens (tertiary/aromatic N) is 2. The second-order valence-electron chi connectivity index (χ2n) is 5.60. The van der Waals surface area contributed by atoms with Crippen LogP contribution in [0.25, 0.3) is 0 Å². The van der Waals surface area contributed by atoms with Gasteiger partial charge in [-0.05, 0) is 37.0 Å². The zero-order valence-electron chi connectivity index (χ0n) is 12.6. The number of benzene rings is 1. The van der Waals surface area contributed by atoms with Crippen LogP contribution in [0.1, 0.15) is 35.7 Å². The summed E-state index contributed by atoms with van der Waals surface area (Å²) in [6.45, 7) is 0. The van der Waals surface area contributed by atoms with Crippen LogP contribution in [0.3, 0.4) is 0 Å². The van der Waals surface area contributed by atoms with Gasteiger partial charge in [0.2, 0.25) is 5.91 Å². The van der Waals surface area contributed by atoms with Crippen molar-refractivity contribution in [3.8, 4) is 0 Å². The molecule has 22 heavy (non-hydrogen) atoms. The van der Waals surface area contributed by atoms with E-state index in [-0.39, 0.29) is 24.4 Å². The van der Waals surface area contributed by atoms with Crippen LogP contribution in [0.4, 0.5) is 5.69 Å². The summed E-state index contributed by atoms with van der Waals surface area (Å²) in [7, 11) is 1.96. The van der Waals surface area contributed by atoms with Crippen LogP contribution < -0.4 is 11.1 Å². The normalized spacial score (nSPS) is 16.5. The number of hydrogen-bond acceptors (Lipinski definition) is 3. The maximum atomic E-state index is 12.2. The molecule has 1 aromatic carbocycles. The Morgan fingerprint density at radius 2 is 2.14 bits per heavy atom. The molecule has 1 aliphatic rings. The van der Waals surface area contributed by atoms with Crippen molar-refractivity contribution in [2.24, 2.45) is 7.05 Å². The van der Waals surface area contributed by atoms with Crippen LogP contribution in [0.15, 0.2) is 30.5 Å². The van der Waals surface area contributed by atoms with Gasteiger partial charge in [0.1, 0.15) is 0 Å². The number of nitrogens with one attached hydrogen (secondary N) is 1. The predicted molar refractivity (Wildman–Crippen MR) is 88.8 cm³/mol. The van der Waals surface area contributed by atoms with Gasteiger partial charge in [0.15, 0.2) is 0 Å². The van der Waals surface area contributed by atoms with Crippen LogP contribution in [0, 0.1) is 0 Å². The Labute approximate surface area is 136 Å². The fraction of sp³-hybridized carbons (Fsp3) is 0.375. The van der Waals surface area contributed by atoms with E-state index in [1.807, 2.05) is 42.2 Å². The van der Waals surface area contributed by atoms with E-state index in [4.69, 9.17) is 5.73 Å². The van der Waals surface area contributed by atoms with Crippen molar-refractivity contribution in [3.63, 3.8) is 0 Å². The summed E-state index contributed by atoms with van der Waals surface area (Å²) in [5.41, 5.74) is 9.74. The van der Waals surface area contributed by atoms with Gasteiger partial charge in [-0.3, -0.25) is 9.48 Å². The van der Waals surface area contributed by atoms with E-state index in [1.54, 1.807) is 0 Å². The number of carbonyl (C=O) groups excluding carboxylic acids is 1. The maximum absolute atomic E-state index is 12.2. The second-order valence-corrected chi connectivity index (χ2v) is 5.60. The van der Waals surface area contributed by atoms with Crippen LogP contribution >= 0.6 is 12.4 Å². The van der Waals surface area contributed by atoms with Crippen LogP contribution in [-0.4, -0.2) is 15.7 Å². The summed E-state index contributed by atoms with van der Waals surface area (Å²) in [5.74, 6) is 0.0430. The first-order chi connectivity index (χ1) is 10.1. The highest BCUT2D eigenvalue weighted by molar-refractivity contribution is 5.85. The van der Waals surface area contributed by atoms with Crippen molar-refractivity contribution in [2.45, 2.75) is 31.7 Å². The van der Waals surface area contributed by atoms with Crippen LogP contribution in [0.5, 0.6) is 0 Å². The number of amides is 1. The quantitative estimate of drug-likeness (QED) is 0.851. The average molecular weight is 321 g/mol. The molecule has 5 nitrogen and oxygen atoms in total. The van der Waals surface area contributed by atoms with E-state index in [1.165, 1.54) is 5.69 Å². The van der Waals surface area contributed by atoms with E-state index >= 15 is 0 Å². The molecule has 0 bridgehead atoms. The highest BCUT2D eigenvalue weighted by Gasteiger charge is 2.24. The van der Waals surface area contributed by atoms with Crippen molar-refractivity contribution in [1.29, 1.82) is 0 Å². The molecule has 1 heterocycles. The van der Waals surface area contributed by atoms with Gasteiger partial charge in [-0.2, -0.15) is 5.10 Å². The molecule has 1 unspecified atom stereocenters. The lowest BCUT2D eigenvalue weighted by atomic mass is 9.93. The molecular formula is C16H21ClN4O. The molecule has 1 atom stereocenters. The maximum Gasteiger partial charge on any atom is 0.224 e. The number of rotatable bonds is 3. The monoisotopic (exact) mass is 320 g/mol. The van der Waals surface area contributed by atoms with E-state index in [0.29, 0.717) is 12.1 Å². The largest absolute Gasteiger partial charge is 0.399 e. The molecule has 0 aliphatic heterocycles. The first-order valence-corrected chi connectivity index (χ1v) is 7.28. The summed E-state index contributed by atoms with van der Waals surface area (Å²) in [6, 6.07) is 7.52. The molecule has 0 saturated carbocycles. The Bertz CT molecular complexity index is 651. The fourth-order valence-corrected chi connectivity index (χ4v) is 2.92. The Hall–Kier alpha value is -2.01. The minimum Gasteiger partial charge on any atom is -0.399 e. The molecule has 1 aliphatic carbocycles. The van der Waals surface area contributed by atoms with Crippen LogP contribution in [-0.2, 0) is 24.7 Å². The third-order valence-corrected chi connectivity index (χ3v) is 4.06. The van der Waals surface area contributed by atoms with Gasteiger partial charge in [0.25, 0.3) is 0 Å². The molecule has 1 amide bonds. The molecule has 2 aromatic rings. The molecule has 118 valence electrons. The molecule has 0 spiro atoms. The van der Waals surface area contributed by atoms with Crippen molar-refractivity contribution >= 4 is 24.0 Å². The lowest BCUT2D eigenvalue weighted by Crippen LogP contribution is -2.32. The van der Waals surface area contributed by atoms with Gasteiger partial charge < -0.3 is 11.1 Å². The summed E-state index contributed by atoms with van der Waals surface area (Å²) in [6.07, 6.45) is 5.36. The molecule has 0 fully saturated rings. The molecule has 3 rings (SSSR count). The SMILES string of the molecule is Cl.Cn1ncc2c1CCCC2NC(=O)Cc1ccc(N)cc1. The first kappa shape index (κ1) is 16.4. The number of aryl methyl sites for hydroxylation is 1. The van der Waals surface area contributed by atoms with Gasteiger partial charge in [0.05, 0.1) is 18.7 Å². The number of anilines is 1. The van der Waals surface area contributed by atoms with Crippen LogP contribution in [0.2, 0.25) is 0 Å². The highest BCUT2D eigenvalue weighted by atomic mass is 35.5. The topological polar surface area (TPSA) is 72.9 Å². The summed E-state index contributed by atoms with van der Waals surface area (Å²) in [4.78, 5) is 12.2. The van der Waals surface area contributed by atoms with E-state index < -0.39 is 0 Å². The minimum atomic E-state index is 0. The van der Waals surface area contributed by atoms with Gasteiger partial charge in [-0.1, -0.05) is 12.1 Å². The molecule has 3 N–H and O–H groups in total. The Morgan fingerprint density at radius 1 is 1.41 bits per heavy atom. The number of halogens is 1. The Morgan fingerprint density at radius 3 is 2.86 bits per heavy atom. The molecule has 0 radical (unpaired) electrons. The third-order valence-electron chi connectivity index (χ3n) is 4.06. The fourth-order valence-electron chi connectivity index (χ4n) is 2.92. The summed E-state index contributed by atoms with van der Waals surface area (Å²) < 4.78 is 1.91. The predicted octanol–water partition coefficient (Wildman–Crippen LogP) is 2.16. The van der Waals surface area contributed by atoms with E-state index in [0.717, 1.165) is 30.4 Å². The van der Waals surface area contributed by atoms with Gasteiger partial charge >= 0.3 is 0 Å². The van der Waals surface area contributed by atoms with Gasteiger partial charge in [-0.25, -0.2) is 0 Å². The molecule has 6 heteroatoms. The number of hydrogen-bond donors (Lipinski definition) is 2. The lowest BCUT2D eigenvalue weighted by Gasteiger charge is -2.23. The number of carbonyl (C=O) groups is 1. The van der Waals surface area contributed by atoms with Gasteiger partial charge in [-0.15, -0.1) is 12.4 Å². The lowest BCUT2D eigenvalue weighted by molar-refractivity contribution is -0.121. The Balaban J connectivity index is 0.00000176. The number of aromatic nitrogens is 2. The zero-order valence-corrected chi connectivity index (χ0v) is 13.4. The Kier molecular flexibility index (Phi) is 5.08. The van der Waals surface area contributed by atoms with Gasteiger partial charge in [0, 0.05) is 24.0 Å². The molecular weight excluding hydrogens is 300 g/mol. The number of nitrogen functional groups attached to an aromatic ring is 1. The van der Waals surface area contributed by atoms with Crippen molar-refractivity contribution < 1.29 is 4.79 Å².